The van der Waals surface area contributed by atoms with Crippen LogP contribution in [0.25, 0.3) is 0 Å². The second-order valence-electron chi connectivity index (χ2n) is 6.41. The smallest absolute Gasteiger partial charge is 0.249 e. The molecule has 134 valence electrons. The van der Waals surface area contributed by atoms with Gasteiger partial charge in [-0.05, 0) is 12.8 Å². The van der Waals surface area contributed by atoms with Crippen LogP contribution in [-0.2, 0) is 13.6 Å². The van der Waals surface area contributed by atoms with Gasteiger partial charge < -0.3 is 0 Å². The zero-order valence-corrected chi connectivity index (χ0v) is 15.6. The highest BCUT2D eigenvalue weighted by Crippen LogP contribution is 2.25. The van der Waals surface area contributed by atoms with E-state index in [0.717, 1.165) is 12.8 Å². The average Bonchev–Trinajstić information content (AvgIpc) is 2.92. The van der Waals surface area contributed by atoms with Crippen molar-refractivity contribution in [2.75, 3.05) is 0 Å². The van der Waals surface area contributed by atoms with Crippen molar-refractivity contribution in [3.05, 3.63) is 46.8 Å². The molecule has 0 bridgehead atoms. The highest BCUT2D eigenvalue weighted by atomic mass is 35.5. The minimum Gasteiger partial charge on any atom is -0.284 e. The van der Waals surface area contributed by atoms with Crippen molar-refractivity contribution in [1.82, 2.24) is 9.90 Å². The lowest BCUT2D eigenvalue weighted by atomic mass is 9.90. The van der Waals surface area contributed by atoms with Crippen LogP contribution >= 0.6 is 12.4 Å². The molecule has 25 heavy (non-hydrogen) atoms. The Labute approximate surface area is 154 Å². The molecule has 5 nitrogen and oxygen atoms in total. The van der Waals surface area contributed by atoms with Crippen molar-refractivity contribution in [3.8, 4) is 0 Å². The van der Waals surface area contributed by atoms with Crippen LogP contribution < -0.4 is 4.68 Å². The number of rotatable bonds is 7. The Balaban J connectivity index is 0.00000225. The fourth-order valence-corrected chi connectivity index (χ4v) is 3.34. The Kier molecular flexibility index (Phi) is 6.48. The fourth-order valence-electron chi connectivity index (χ4n) is 3.34. The summed E-state index contributed by atoms with van der Waals surface area (Å²) in [6.07, 6.45) is 7.07. The quantitative estimate of drug-likeness (QED) is 0.479. The van der Waals surface area contributed by atoms with Gasteiger partial charge in [-0.2, -0.15) is 0 Å². The van der Waals surface area contributed by atoms with Crippen molar-refractivity contribution < 1.29 is 14.3 Å². The first kappa shape index (κ1) is 19.3. The summed E-state index contributed by atoms with van der Waals surface area (Å²) in [7, 11) is 1.73. The third-order valence-corrected chi connectivity index (χ3v) is 4.62. The number of aryl methyl sites for hydroxylation is 2. The highest BCUT2D eigenvalue weighted by Gasteiger charge is 2.41. The summed E-state index contributed by atoms with van der Waals surface area (Å²) in [6.45, 7) is 2.88. The monoisotopic (exact) mass is 362 g/mol. The first-order chi connectivity index (χ1) is 11.6. The summed E-state index contributed by atoms with van der Waals surface area (Å²) >= 11 is 0. The maximum Gasteiger partial charge on any atom is 0.249 e. The predicted molar refractivity (Wildman–Crippen MR) is 97.3 cm³/mol. The van der Waals surface area contributed by atoms with E-state index in [1.54, 1.807) is 40.7 Å². The lowest BCUT2D eigenvalue weighted by molar-refractivity contribution is -0.733. The molecule has 0 aliphatic heterocycles. The fraction of sp³-hybridized carbons (Fsp3) is 0.474. The standard InChI is InChI=1S/C19H24N3O2.ClH/c1-3-4-5-6-7-10-13-22-17-16(21(2)20-22)18(23)14-11-8-9-12-15(14)19(17)24;/h8-9,11-12H,3-7,10,13H2,1-2H3;1H/q+1;. The molecule has 0 saturated heterocycles. The molecule has 0 unspecified atom stereocenters. The summed E-state index contributed by atoms with van der Waals surface area (Å²) < 4.78 is 3.26. The van der Waals surface area contributed by atoms with Gasteiger partial charge in [0.25, 0.3) is 0 Å². The van der Waals surface area contributed by atoms with Gasteiger partial charge in [-0.15, -0.1) is 21.8 Å². The van der Waals surface area contributed by atoms with Crippen LogP contribution in [0, 0.1) is 0 Å². The van der Waals surface area contributed by atoms with E-state index in [4.69, 9.17) is 0 Å². The van der Waals surface area contributed by atoms with Gasteiger partial charge in [-0.25, -0.2) is 0 Å². The largest absolute Gasteiger partial charge is 0.284 e. The first-order valence-corrected chi connectivity index (χ1v) is 8.80. The molecule has 1 aliphatic rings. The number of hydrogen-bond acceptors (Lipinski definition) is 3. The van der Waals surface area contributed by atoms with Crippen LogP contribution in [0.1, 0.15) is 77.6 Å². The molecule has 1 heterocycles. The van der Waals surface area contributed by atoms with E-state index in [1.165, 1.54) is 25.7 Å². The van der Waals surface area contributed by atoms with Gasteiger partial charge in [-0.3, -0.25) is 9.59 Å². The number of nitrogens with zero attached hydrogens (tertiary/aromatic N) is 3. The Morgan fingerprint density at radius 1 is 0.960 bits per heavy atom. The third kappa shape index (κ3) is 3.66. The number of halogens is 1. The Hall–Kier alpha value is -2.01. The summed E-state index contributed by atoms with van der Waals surface area (Å²) in [5.74, 6) is -0.212. The molecule has 0 radical (unpaired) electrons. The molecule has 1 aromatic carbocycles. The van der Waals surface area contributed by atoms with E-state index in [9.17, 15) is 9.59 Å². The maximum absolute atomic E-state index is 12.8. The normalized spacial score (nSPS) is 12.6. The number of unbranched alkanes of at least 4 members (excludes halogenated alkanes) is 5. The van der Waals surface area contributed by atoms with E-state index < -0.39 is 0 Å². The van der Waals surface area contributed by atoms with Gasteiger partial charge in [0, 0.05) is 11.1 Å². The average molecular weight is 363 g/mol. The number of benzene rings is 1. The molecule has 1 aromatic heterocycles. The number of carbonyl (C=O) groups excluding carboxylic acids is 2. The van der Waals surface area contributed by atoms with Crippen LogP contribution in [-0.4, -0.2) is 21.5 Å². The van der Waals surface area contributed by atoms with Crippen molar-refractivity contribution in [2.24, 2.45) is 7.05 Å². The topological polar surface area (TPSA) is 55.8 Å². The van der Waals surface area contributed by atoms with Crippen LogP contribution in [0.15, 0.2) is 24.3 Å². The van der Waals surface area contributed by atoms with Crippen molar-refractivity contribution in [1.29, 1.82) is 0 Å². The summed E-state index contributed by atoms with van der Waals surface area (Å²) in [4.78, 5) is 25.5. The van der Waals surface area contributed by atoms with Crippen molar-refractivity contribution in [3.63, 3.8) is 0 Å². The van der Waals surface area contributed by atoms with Gasteiger partial charge in [0.2, 0.25) is 23.0 Å². The SMILES string of the molecule is CCCCCCCCn1n[n+](C)c2c1C(=O)c1ccccc1C2=O.Cl. The van der Waals surface area contributed by atoms with E-state index in [2.05, 4.69) is 12.1 Å². The summed E-state index contributed by atoms with van der Waals surface area (Å²) in [5.41, 5.74) is 1.81. The molecule has 0 saturated carbocycles. The minimum absolute atomic E-state index is 0. The molecule has 6 heteroatoms. The number of ketones is 2. The van der Waals surface area contributed by atoms with E-state index in [0.29, 0.717) is 29.1 Å². The van der Waals surface area contributed by atoms with Gasteiger partial charge in [0.15, 0.2) is 0 Å². The lowest BCUT2D eigenvalue weighted by Gasteiger charge is -2.10. The van der Waals surface area contributed by atoms with Crippen LogP contribution in [0.2, 0.25) is 0 Å². The molecule has 0 spiro atoms. The molecule has 3 rings (SSSR count). The van der Waals surface area contributed by atoms with Crippen molar-refractivity contribution >= 4 is 24.0 Å². The molecule has 0 amide bonds. The van der Waals surface area contributed by atoms with Gasteiger partial charge >= 0.3 is 0 Å². The van der Waals surface area contributed by atoms with E-state index >= 15 is 0 Å². The lowest BCUT2D eigenvalue weighted by Crippen LogP contribution is -2.39. The minimum atomic E-state index is -0.114. The first-order valence-electron chi connectivity index (χ1n) is 8.80. The van der Waals surface area contributed by atoms with Gasteiger partial charge in [0.05, 0.1) is 5.21 Å². The molecule has 1 aliphatic carbocycles. The maximum atomic E-state index is 12.8. The Morgan fingerprint density at radius 3 is 2.24 bits per heavy atom. The van der Waals surface area contributed by atoms with Crippen LogP contribution in [0.4, 0.5) is 0 Å². The number of hydrogen-bond donors (Lipinski definition) is 0. The predicted octanol–water partition coefficient (Wildman–Crippen LogP) is 3.27. The van der Waals surface area contributed by atoms with Crippen LogP contribution in [0.5, 0.6) is 0 Å². The second kappa shape index (κ2) is 8.39. The zero-order valence-electron chi connectivity index (χ0n) is 14.8. The molecular weight excluding hydrogens is 338 g/mol. The van der Waals surface area contributed by atoms with Gasteiger partial charge in [0.1, 0.15) is 13.6 Å². The third-order valence-electron chi connectivity index (χ3n) is 4.62. The van der Waals surface area contributed by atoms with Gasteiger partial charge in [-0.1, -0.05) is 56.9 Å². The van der Waals surface area contributed by atoms with E-state index in [1.807, 2.05) is 0 Å². The number of fused-ring (bicyclic) bond motifs is 2. The second-order valence-corrected chi connectivity index (χ2v) is 6.41. The van der Waals surface area contributed by atoms with Crippen LogP contribution in [0.3, 0.4) is 0 Å². The van der Waals surface area contributed by atoms with Crippen molar-refractivity contribution in [2.45, 2.75) is 52.0 Å². The highest BCUT2D eigenvalue weighted by molar-refractivity contribution is 6.26. The molecule has 0 atom stereocenters. The number of aromatic nitrogens is 3. The molecule has 0 fully saturated rings. The molecular formula is C19H25ClN3O2+. The summed E-state index contributed by atoms with van der Waals surface area (Å²) in [5, 5.41) is 4.40. The zero-order chi connectivity index (χ0) is 17.1. The molecule has 2 aromatic rings. The Morgan fingerprint density at radius 2 is 1.56 bits per heavy atom. The Bertz CT molecular complexity index is 783. The summed E-state index contributed by atoms with van der Waals surface area (Å²) in [6, 6.07) is 7.02. The molecule has 0 N–H and O–H groups in total. The number of carbonyl (C=O) groups is 2. The van der Waals surface area contributed by atoms with E-state index in [-0.39, 0.29) is 24.0 Å².